The number of benzene rings is 2. The summed E-state index contributed by atoms with van der Waals surface area (Å²) in [5, 5.41) is 23.3. The largest absolute Gasteiger partial charge is 0.477 e. The Balaban J connectivity index is 1.86. The molecule has 0 aliphatic heterocycles. The predicted molar refractivity (Wildman–Crippen MR) is 85.5 cm³/mol. The maximum absolute atomic E-state index is 11.6. The van der Waals surface area contributed by atoms with Crippen LogP contribution in [0.3, 0.4) is 0 Å². The van der Waals surface area contributed by atoms with E-state index >= 15 is 0 Å². The standard InChI is InChI=1S/C16H12N4O4/c17-9-12-5-7-13(8-6-12)10-18-19-16(21)11-24-15-4-2-1-3-14(15)20(22)23/h1-8,10H,11H2,(H,19,21)/b18-10-. The number of rotatable bonds is 6. The van der Waals surface area contributed by atoms with Crippen LogP contribution in [0.1, 0.15) is 11.1 Å². The van der Waals surface area contributed by atoms with Crippen LogP contribution in [0.5, 0.6) is 5.75 Å². The van der Waals surface area contributed by atoms with E-state index in [1.807, 2.05) is 6.07 Å². The van der Waals surface area contributed by atoms with Crippen LogP contribution < -0.4 is 10.2 Å². The van der Waals surface area contributed by atoms with Gasteiger partial charge in [-0.3, -0.25) is 14.9 Å². The topological polar surface area (TPSA) is 118 Å². The summed E-state index contributed by atoms with van der Waals surface area (Å²) in [5.74, 6) is -0.549. The quantitative estimate of drug-likeness (QED) is 0.495. The highest BCUT2D eigenvalue weighted by Crippen LogP contribution is 2.25. The van der Waals surface area contributed by atoms with Gasteiger partial charge in [-0.2, -0.15) is 10.4 Å². The summed E-state index contributed by atoms with van der Waals surface area (Å²) in [6.07, 6.45) is 1.41. The summed E-state index contributed by atoms with van der Waals surface area (Å²) in [5.41, 5.74) is 3.26. The number of nitro groups is 1. The molecule has 0 saturated heterocycles. The molecule has 0 aromatic heterocycles. The van der Waals surface area contributed by atoms with Crippen molar-refractivity contribution in [1.82, 2.24) is 5.43 Å². The minimum Gasteiger partial charge on any atom is -0.477 e. The van der Waals surface area contributed by atoms with Crippen LogP contribution in [0.15, 0.2) is 53.6 Å². The summed E-state index contributed by atoms with van der Waals surface area (Å²) >= 11 is 0. The van der Waals surface area contributed by atoms with Gasteiger partial charge in [-0.1, -0.05) is 24.3 Å². The predicted octanol–water partition coefficient (Wildman–Crippen LogP) is 2.00. The SMILES string of the molecule is N#Cc1ccc(/C=N\NC(=O)COc2ccccc2[N+](=O)[O-])cc1. The number of nitrogens with one attached hydrogen (secondary N) is 1. The third kappa shape index (κ3) is 4.64. The lowest BCUT2D eigenvalue weighted by molar-refractivity contribution is -0.385. The van der Waals surface area contributed by atoms with Crippen molar-refractivity contribution in [3.8, 4) is 11.8 Å². The maximum atomic E-state index is 11.6. The van der Waals surface area contributed by atoms with Gasteiger partial charge in [0.25, 0.3) is 5.91 Å². The van der Waals surface area contributed by atoms with Crippen molar-refractivity contribution < 1.29 is 14.5 Å². The number of amides is 1. The average Bonchev–Trinajstić information content (AvgIpc) is 2.60. The van der Waals surface area contributed by atoms with E-state index in [0.29, 0.717) is 11.1 Å². The van der Waals surface area contributed by atoms with E-state index in [9.17, 15) is 14.9 Å². The first-order valence-electron chi connectivity index (χ1n) is 6.78. The minimum atomic E-state index is -0.587. The highest BCUT2D eigenvalue weighted by atomic mass is 16.6. The molecule has 8 heteroatoms. The van der Waals surface area contributed by atoms with Gasteiger partial charge in [0.05, 0.1) is 22.8 Å². The zero-order chi connectivity index (χ0) is 17.4. The highest BCUT2D eigenvalue weighted by molar-refractivity contribution is 5.83. The van der Waals surface area contributed by atoms with E-state index in [4.69, 9.17) is 10.00 Å². The van der Waals surface area contributed by atoms with Crippen molar-refractivity contribution in [3.63, 3.8) is 0 Å². The Labute approximate surface area is 137 Å². The van der Waals surface area contributed by atoms with Crippen molar-refractivity contribution in [3.05, 3.63) is 69.8 Å². The molecule has 24 heavy (non-hydrogen) atoms. The maximum Gasteiger partial charge on any atom is 0.310 e. The van der Waals surface area contributed by atoms with Gasteiger partial charge in [0, 0.05) is 6.07 Å². The molecule has 0 fully saturated rings. The molecule has 2 rings (SSSR count). The molecule has 2 aromatic carbocycles. The van der Waals surface area contributed by atoms with E-state index in [2.05, 4.69) is 10.5 Å². The number of nitro benzene ring substituents is 1. The van der Waals surface area contributed by atoms with E-state index in [-0.39, 0.29) is 11.4 Å². The Hall–Kier alpha value is -3.73. The second-order valence-corrected chi connectivity index (χ2v) is 4.54. The van der Waals surface area contributed by atoms with Crippen LogP contribution in [0.25, 0.3) is 0 Å². The number of nitriles is 1. The van der Waals surface area contributed by atoms with Crippen LogP contribution in [-0.4, -0.2) is 23.7 Å². The summed E-state index contributed by atoms with van der Waals surface area (Å²) in [4.78, 5) is 21.9. The molecule has 0 spiro atoms. The second kappa shape index (κ2) is 8.05. The Bertz CT molecular complexity index is 810. The fourth-order valence-corrected chi connectivity index (χ4v) is 1.73. The second-order valence-electron chi connectivity index (χ2n) is 4.54. The first kappa shape index (κ1) is 16.6. The Kier molecular flexibility index (Phi) is 5.58. The van der Waals surface area contributed by atoms with Crippen molar-refractivity contribution >= 4 is 17.8 Å². The molecule has 8 nitrogen and oxygen atoms in total. The third-order valence-corrected chi connectivity index (χ3v) is 2.86. The smallest absolute Gasteiger partial charge is 0.310 e. The average molecular weight is 324 g/mol. The molecule has 0 aliphatic rings. The van der Waals surface area contributed by atoms with E-state index in [1.165, 1.54) is 24.4 Å². The fourth-order valence-electron chi connectivity index (χ4n) is 1.73. The van der Waals surface area contributed by atoms with Crippen LogP contribution in [0, 0.1) is 21.4 Å². The summed E-state index contributed by atoms with van der Waals surface area (Å²) in [7, 11) is 0. The van der Waals surface area contributed by atoms with Gasteiger partial charge in [0.15, 0.2) is 12.4 Å². The summed E-state index contributed by atoms with van der Waals surface area (Å²) in [6, 6.07) is 14.4. The molecule has 1 amide bonds. The Morgan fingerprint density at radius 3 is 2.67 bits per heavy atom. The number of carbonyl (C=O) groups is 1. The first-order chi connectivity index (χ1) is 11.6. The van der Waals surface area contributed by atoms with Gasteiger partial charge in [-0.25, -0.2) is 5.43 Å². The minimum absolute atomic E-state index is 0.00808. The number of para-hydroxylation sites is 2. The normalized spacial score (nSPS) is 10.1. The monoisotopic (exact) mass is 324 g/mol. The highest BCUT2D eigenvalue weighted by Gasteiger charge is 2.14. The Morgan fingerprint density at radius 2 is 2.00 bits per heavy atom. The van der Waals surface area contributed by atoms with Crippen LogP contribution >= 0.6 is 0 Å². The molecule has 0 bridgehead atoms. The lowest BCUT2D eigenvalue weighted by atomic mass is 10.2. The number of nitrogens with zero attached hydrogens (tertiary/aromatic N) is 3. The van der Waals surface area contributed by atoms with Gasteiger partial charge in [-0.05, 0) is 23.8 Å². The van der Waals surface area contributed by atoms with Crippen molar-refractivity contribution in [1.29, 1.82) is 5.26 Å². The number of hydrogen-bond acceptors (Lipinski definition) is 6. The first-order valence-corrected chi connectivity index (χ1v) is 6.78. The summed E-state index contributed by atoms with van der Waals surface area (Å²) < 4.78 is 5.13. The molecule has 0 saturated carbocycles. The molecule has 0 radical (unpaired) electrons. The molecule has 2 aromatic rings. The lowest BCUT2D eigenvalue weighted by Crippen LogP contribution is -2.24. The van der Waals surface area contributed by atoms with Crippen LogP contribution in [-0.2, 0) is 4.79 Å². The van der Waals surface area contributed by atoms with Gasteiger partial charge in [-0.15, -0.1) is 0 Å². The summed E-state index contributed by atoms with van der Waals surface area (Å²) in [6.45, 7) is -0.407. The van der Waals surface area contributed by atoms with Crippen molar-refractivity contribution in [2.45, 2.75) is 0 Å². The van der Waals surface area contributed by atoms with E-state index in [0.717, 1.165) is 0 Å². The molecule has 0 heterocycles. The molecule has 120 valence electrons. The fraction of sp³-hybridized carbons (Fsp3) is 0.0625. The molecule has 0 unspecified atom stereocenters. The van der Waals surface area contributed by atoms with Gasteiger partial charge >= 0.3 is 5.69 Å². The molecule has 1 N–H and O–H groups in total. The lowest BCUT2D eigenvalue weighted by Gasteiger charge is -2.05. The van der Waals surface area contributed by atoms with Crippen molar-refractivity contribution in [2.75, 3.05) is 6.61 Å². The number of hydrazone groups is 1. The zero-order valence-electron chi connectivity index (χ0n) is 12.4. The molecular formula is C16H12N4O4. The third-order valence-electron chi connectivity index (χ3n) is 2.86. The van der Waals surface area contributed by atoms with E-state index in [1.54, 1.807) is 30.3 Å². The number of carbonyl (C=O) groups excluding carboxylic acids is 1. The molecule has 0 aliphatic carbocycles. The van der Waals surface area contributed by atoms with Crippen LogP contribution in [0.2, 0.25) is 0 Å². The number of ether oxygens (including phenoxy) is 1. The van der Waals surface area contributed by atoms with Gasteiger partial charge in [0.2, 0.25) is 0 Å². The Morgan fingerprint density at radius 1 is 1.29 bits per heavy atom. The van der Waals surface area contributed by atoms with Crippen LogP contribution in [0.4, 0.5) is 5.69 Å². The zero-order valence-corrected chi connectivity index (χ0v) is 12.4. The molecular weight excluding hydrogens is 312 g/mol. The van der Waals surface area contributed by atoms with Gasteiger partial charge in [0.1, 0.15) is 0 Å². The van der Waals surface area contributed by atoms with Gasteiger partial charge < -0.3 is 4.74 Å². The molecule has 0 atom stereocenters. The number of hydrogen-bond donors (Lipinski definition) is 1. The van der Waals surface area contributed by atoms with Crippen molar-refractivity contribution in [2.24, 2.45) is 5.10 Å². The van der Waals surface area contributed by atoms with E-state index < -0.39 is 17.4 Å².